The van der Waals surface area contributed by atoms with Gasteiger partial charge in [-0.05, 0) is 12.2 Å². The summed E-state index contributed by atoms with van der Waals surface area (Å²) in [5, 5.41) is 4.51. The molecular weight excluding hydrogens is 180 g/mol. The molecule has 0 N–H and O–H groups in total. The molecule has 0 aromatic carbocycles. The minimum atomic E-state index is -3.51. The van der Waals surface area contributed by atoms with Crippen molar-refractivity contribution in [1.29, 1.82) is 0 Å². The first-order valence-electron chi connectivity index (χ1n) is 3.14. The fraction of sp³-hybridized carbons (Fsp3) is 0.167. The van der Waals surface area contributed by atoms with Crippen molar-refractivity contribution in [2.75, 3.05) is 6.26 Å². The minimum Gasteiger partial charge on any atom is -0.198 e. The predicted octanol–water partition coefficient (Wildman–Crippen LogP) is 0.249. The lowest BCUT2D eigenvalue weighted by molar-refractivity contribution is 0.00568. The van der Waals surface area contributed by atoms with E-state index in [0.717, 1.165) is 11.4 Å². The molecule has 12 heavy (non-hydrogen) atoms. The van der Waals surface area contributed by atoms with Gasteiger partial charge in [0, 0.05) is 6.21 Å². The molecule has 6 heteroatoms. The van der Waals surface area contributed by atoms with Crippen LogP contribution in [0.1, 0.15) is 0 Å². The first-order valence-corrected chi connectivity index (χ1v) is 4.96. The molecule has 0 amide bonds. The maximum Gasteiger partial charge on any atom is 0.286 e. The van der Waals surface area contributed by atoms with Crippen LogP contribution in [0.15, 0.2) is 29.5 Å². The quantitative estimate of drug-likeness (QED) is 0.623. The van der Waals surface area contributed by atoms with Crippen LogP contribution in [0, 0.1) is 0 Å². The molecule has 1 rings (SSSR count). The number of hydroxylamine groups is 1. The average Bonchev–Trinajstić information content (AvgIpc) is 2.12. The van der Waals surface area contributed by atoms with Crippen molar-refractivity contribution in [3.63, 3.8) is 0 Å². The van der Waals surface area contributed by atoms with Gasteiger partial charge in [-0.1, -0.05) is 6.08 Å². The van der Waals surface area contributed by atoms with Crippen LogP contribution in [0.3, 0.4) is 0 Å². The predicted molar refractivity (Wildman–Crippen MR) is 44.5 cm³/mol. The molecule has 66 valence electrons. The van der Waals surface area contributed by atoms with E-state index in [-0.39, 0.29) is 0 Å². The topological polar surface area (TPSA) is 59.0 Å². The Morgan fingerprint density at radius 1 is 1.33 bits per heavy atom. The summed E-state index contributed by atoms with van der Waals surface area (Å²) in [6.07, 6.45) is 8.73. The number of hydrogen-bond donors (Lipinski definition) is 0. The van der Waals surface area contributed by atoms with E-state index in [4.69, 9.17) is 0 Å². The lowest BCUT2D eigenvalue weighted by Crippen LogP contribution is -2.15. The Kier molecular flexibility index (Phi) is 2.61. The fourth-order valence-electron chi connectivity index (χ4n) is 0.563. The molecule has 0 spiro atoms. The Labute approximate surface area is 70.7 Å². The Morgan fingerprint density at radius 2 is 2.08 bits per heavy atom. The molecule has 0 saturated carbocycles. The van der Waals surface area contributed by atoms with Gasteiger partial charge >= 0.3 is 0 Å². The molecule has 5 nitrogen and oxygen atoms in total. The molecule has 0 aliphatic carbocycles. The Hall–Kier alpha value is -1.14. The average molecular weight is 188 g/mol. The van der Waals surface area contributed by atoms with Gasteiger partial charge in [0.15, 0.2) is 0 Å². The Bertz CT molecular complexity index is 313. The first-order chi connectivity index (χ1) is 5.58. The number of rotatable bonds is 2. The zero-order chi connectivity index (χ0) is 9.03. The molecular formula is C6H8N2O3S. The summed E-state index contributed by atoms with van der Waals surface area (Å²) < 4.78 is 25.7. The molecule has 0 fully saturated rings. The molecule has 0 atom stereocenters. The standard InChI is InChI=1S/C6H8N2O3S/c1-12(9,10)11-8-6-4-2-3-5-7-8/h2-6H,1H3. The lowest BCUT2D eigenvalue weighted by Gasteiger charge is -2.09. The molecule has 1 aliphatic heterocycles. The van der Waals surface area contributed by atoms with E-state index >= 15 is 0 Å². The normalized spacial score (nSPS) is 16.6. The van der Waals surface area contributed by atoms with Gasteiger partial charge in [-0.15, -0.1) is 9.46 Å². The van der Waals surface area contributed by atoms with Crippen LogP contribution < -0.4 is 0 Å². The maximum absolute atomic E-state index is 10.6. The number of allylic oxidation sites excluding steroid dienone is 3. The van der Waals surface area contributed by atoms with E-state index in [0.29, 0.717) is 0 Å². The van der Waals surface area contributed by atoms with Crippen molar-refractivity contribution in [1.82, 2.24) is 5.17 Å². The van der Waals surface area contributed by atoms with Crippen LogP contribution in [0.2, 0.25) is 0 Å². The summed E-state index contributed by atoms with van der Waals surface area (Å²) in [5.41, 5.74) is 0. The maximum atomic E-state index is 10.6. The SMILES string of the molecule is CS(=O)(=O)ON1C=CC=CC=N1. The van der Waals surface area contributed by atoms with Gasteiger partial charge < -0.3 is 0 Å². The third-order valence-corrected chi connectivity index (χ3v) is 1.34. The van der Waals surface area contributed by atoms with E-state index < -0.39 is 10.1 Å². The van der Waals surface area contributed by atoms with E-state index in [2.05, 4.69) is 9.39 Å². The molecule has 0 unspecified atom stereocenters. The second kappa shape index (κ2) is 3.51. The van der Waals surface area contributed by atoms with Gasteiger partial charge in [0.05, 0.1) is 12.5 Å². The van der Waals surface area contributed by atoms with Crippen LogP contribution in [-0.2, 0) is 14.4 Å². The highest BCUT2D eigenvalue weighted by atomic mass is 32.2. The van der Waals surface area contributed by atoms with Crippen LogP contribution in [0.4, 0.5) is 0 Å². The third kappa shape index (κ3) is 3.31. The van der Waals surface area contributed by atoms with Gasteiger partial charge in [-0.25, -0.2) is 0 Å². The zero-order valence-corrected chi connectivity index (χ0v) is 7.23. The minimum absolute atomic E-state index is 0.870. The molecule has 0 bridgehead atoms. The van der Waals surface area contributed by atoms with Gasteiger partial charge in [0.2, 0.25) is 0 Å². The monoisotopic (exact) mass is 188 g/mol. The van der Waals surface area contributed by atoms with Crippen molar-refractivity contribution < 1.29 is 12.7 Å². The summed E-state index contributed by atoms with van der Waals surface area (Å²) in [4.78, 5) is 0. The molecule has 0 radical (unpaired) electrons. The smallest absolute Gasteiger partial charge is 0.198 e. The van der Waals surface area contributed by atoms with Crippen molar-refractivity contribution in [3.05, 3.63) is 24.4 Å². The van der Waals surface area contributed by atoms with Crippen molar-refractivity contribution in [3.8, 4) is 0 Å². The van der Waals surface area contributed by atoms with Gasteiger partial charge in [0.1, 0.15) is 0 Å². The lowest BCUT2D eigenvalue weighted by atomic mass is 10.5. The Balaban J connectivity index is 2.66. The number of nitrogens with zero attached hydrogens (tertiary/aromatic N) is 2. The summed E-state index contributed by atoms with van der Waals surface area (Å²) in [6.45, 7) is 0. The van der Waals surface area contributed by atoms with Crippen molar-refractivity contribution >= 4 is 16.3 Å². The van der Waals surface area contributed by atoms with E-state index in [1.165, 1.54) is 12.4 Å². The van der Waals surface area contributed by atoms with Gasteiger partial charge in [-0.2, -0.15) is 13.5 Å². The zero-order valence-electron chi connectivity index (χ0n) is 6.41. The van der Waals surface area contributed by atoms with Crippen LogP contribution in [0.5, 0.6) is 0 Å². The highest BCUT2D eigenvalue weighted by Gasteiger charge is 2.06. The second-order valence-electron chi connectivity index (χ2n) is 2.07. The van der Waals surface area contributed by atoms with E-state index in [1.54, 1.807) is 18.2 Å². The second-order valence-corrected chi connectivity index (χ2v) is 3.63. The molecule has 1 heterocycles. The summed E-state index contributed by atoms with van der Waals surface area (Å²) in [7, 11) is -3.51. The largest absolute Gasteiger partial charge is 0.286 e. The number of hydrogen-bond acceptors (Lipinski definition) is 5. The van der Waals surface area contributed by atoms with Crippen LogP contribution in [-0.4, -0.2) is 26.1 Å². The summed E-state index contributed by atoms with van der Waals surface area (Å²) in [6, 6.07) is 0. The Morgan fingerprint density at radius 3 is 2.75 bits per heavy atom. The van der Waals surface area contributed by atoms with Crippen molar-refractivity contribution in [2.24, 2.45) is 5.10 Å². The highest BCUT2D eigenvalue weighted by Crippen LogP contribution is 2.00. The fourth-order valence-corrected chi connectivity index (χ4v) is 0.928. The van der Waals surface area contributed by atoms with Gasteiger partial charge in [0.25, 0.3) is 10.1 Å². The number of hydrazone groups is 1. The summed E-state index contributed by atoms with van der Waals surface area (Å²) in [5.74, 6) is 0. The highest BCUT2D eigenvalue weighted by molar-refractivity contribution is 7.85. The van der Waals surface area contributed by atoms with Crippen LogP contribution >= 0.6 is 0 Å². The van der Waals surface area contributed by atoms with Gasteiger partial charge in [-0.3, -0.25) is 0 Å². The molecule has 0 aromatic heterocycles. The molecule has 0 aromatic rings. The van der Waals surface area contributed by atoms with E-state index in [9.17, 15) is 8.42 Å². The summed E-state index contributed by atoms with van der Waals surface area (Å²) >= 11 is 0. The van der Waals surface area contributed by atoms with E-state index in [1.807, 2.05) is 0 Å². The third-order valence-electron chi connectivity index (χ3n) is 0.914. The van der Waals surface area contributed by atoms with Crippen LogP contribution in [0.25, 0.3) is 0 Å². The molecule has 1 aliphatic rings. The molecule has 0 saturated heterocycles. The van der Waals surface area contributed by atoms with Crippen molar-refractivity contribution in [2.45, 2.75) is 0 Å². The first kappa shape index (κ1) is 8.95.